The zero-order valence-electron chi connectivity index (χ0n) is 13.8. The molecule has 0 spiro atoms. The van der Waals surface area contributed by atoms with E-state index >= 15 is 0 Å². The molecule has 138 valence electrons. The summed E-state index contributed by atoms with van der Waals surface area (Å²) in [6.07, 6.45) is -4.42. The van der Waals surface area contributed by atoms with E-state index in [9.17, 15) is 13.2 Å². The third-order valence-corrected chi connectivity index (χ3v) is 4.16. The molecular formula is C18H18F3N3OS. The van der Waals surface area contributed by atoms with E-state index in [0.717, 1.165) is 17.8 Å². The molecule has 26 heavy (non-hydrogen) atoms. The van der Waals surface area contributed by atoms with Gasteiger partial charge in [-0.25, -0.2) is 0 Å². The van der Waals surface area contributed by atoms with E-state index in [1.807, 2.05) is 35.2 Å². The van der Waals surface area contributed by atoms with Crippen LogP contribution in [0.3, 0.4) is 0 Å². The van der Waals surface area contributed by atoms with Gasteiger partial charge in [0.25, 0.3) is 0 Å². The van der Waals surface area contributed by atoms with E-state index in [1.54, 1.807) is 0 Å². The molecule has 0 aliphatic carbocycles. The molecule has 8 heteroatoms. The van der Waals surface area contributed by atoms with Gasteiger partial charge in [-0.05, 0) is 42.5 Å². The first-order valence-electron chi connectivity index (χ1n) is 8.10. The van der Waals surface area contributed by atoms with Crippen molar-refractivity contribution in [1.82, 2.24) is 0 Å². The fourth-order valence-corrected chi connectivity index (χ4v) is 2.93. The van der Waals surface area contributed by atoms with E-state index < -0.39 is 11.7 Å². The van der Waals surface area contributed by atoms with Crippen LogP contribution in [0.1, 0.15) is 5.56 Å². The lowest BCUT2D eigenvalue weighted by Crippen LogP contribution is -2.37. The maximum Gasteiger partial charge on any atom is 0.416 e. The Hall–Kier alpha value is -2.32. The lowest BCUT2D eigenvalue weighted by Gasteiger charge is -2.31. The summed E-state index contributed by atoms with van der Waals surface area (Å²) in [6.45, 7) is 2.29. The second-order valence-corrected chi connectivity index (χ2v) is 6.18. The second-order valence-electron chi connectivity index (χ2n) is 5.77. The zero-order valence-corrected chi connectivity index (χ0v) is 14.7. The first-order valence-corrected chi connectivity index (χ1v) is 8.51. The van der Waals surface area contributed by atoms with Crippen LogP contribution in [-0.2, 0) is 10.9 Å². The van der Waals surface area contributed by atoms with Crippen molar-refractivity contribution in [2.45, 2.75) is 6.18 Å². The predicted octanol–water partition coefficient (Wildman–Crippen LogP) is 4.35. The SMILES string of the molecule is FC(F)(F)c1ccc(N2CCOCC2)c(NC(=S)Nc2ccccc2)c1. The molecule has 1 heterocycles. The van der Waals surface area contributed by atoms with Gasteiger partial charge in [-0.3, -0.25) is 0 Å². The van der Waals surface area contributed by atoms with Gasteiger partial charge in [0, 0.05) is 18.8 Å². The average molecular weight is 381 g/mol. The lowest BCUT2D eigenvalue weighted by atomic mass is 10.1. The van der Waals surface area contributed by atoms with Crippen molar-refractivity contribution in [2.75, 3.05) is 41.8 Å². The van der Waals surface area contributed by atoms with Gasteiger partial charge in [-0.1, -0.05) is 18.2 Å². The quantitative estimate of drug-likeness (QED) is 0.773. The first kappa shape index (κ1) is 18.5. The molecule has 0 amide bonds. The number of anilines is 3. The van der Waals surface area contributed by atoms with Crippen molar-refractivity contribution in [3.63, 3.8) is 0 Å². The molecule has 0 unspecified atom stereocenters. The molecule has 0 saturated carbocycles. The van der Waals surface area contributed by atoms with Crippen molar-refractivity contribution in [3.8, 4) is 0 Å². The zero-order chi connectivity index (χ0) is 18.6. The minimum Gasteiger partial charge on any atom is -0.378 e. The Labute approximate surface area is 155 Å². The van der Waals surface area contributed by atoms with E-state index in [-0.39, 0.29) is 5.11 Å². The van der Waals surface area contributed by atoms with Crippen LogP contribution in [0.15, 0.2) is 48.5 Å². The monoisotopic (exact) mass is 381 g/mol. The van der Waals surface area contributed by atoms with Crippen molar-refractivity contribution in [3.05, 3.63) is 54.1 Å². The highest BCUT2D eigenvalue weighted by molar-refractivity contribution is 7.80. The molecule has 0 bridgehead atoms. The topological polar surface area (TPSA) is 36.5 Å². The number of hydrogen-bond donors (Lipinski definition) is 2. The third kappa shape index (κ3) is 4.64. The Kier molecular flexibility index (Phi) is 5.63. The highest BCUT2D eigenvalue weighted by Gasteiger charge is 2.31. The van der Waals surface area contributed by atoms with Gasteiger partial charge in [0.2, 0.25) is 0 Å². The van der Waals surface area contributed by atoms with Crippen LogP contribution in [0.25, 0.3) is 0 Å². The summed E-state index contributed by atoms with van der Waals surface area (Å²) in [4.78, 5) is 1.98. The number of halogens is 3. The van der Waals surface area contributed by atoms with Crippen molar-refractivity contribution < 1.29 is 17.9 Å². The molecule has 0 radical (unpaired) electrons. The van der Waals surface area contributed by atoms with Gasteiger partial charge in [-0.15, -0.1) is 0 Å². The fraction of sp³-hybridized carbons (Fsp3) is 0.278. The Morgan fingerprint density at radius 1 is 1.00 bits per heavy atom. The first-order chi connectivity index (χ1) is 12.4. The highest BCUT2D eigenvalue weighted by Crippen LogP contribution is 2.35. The van der Waals surface area contributed by atoms with Crippen LogP contribution in [0.4, 0.5) is 30.2 Å². The molecule has 0 atom stereocenters. The lowest BCUT2D eigenvalue weighted by molar-refractivity contribution is -0.137. The maximum atomic E-state index is 13.1. The van der Waals surface area contributed by atoms with Crippen molar-refractivity contribution in [2.24, 2.45) is 0 Å². The number of rotatable bonds is 3. The average Bonchev–Trinajstić information content (AvgIpc) is 2.62. The number of benzene rings is 2. The second kappa shape index (κ2) is 7.92. The highest BCUT2D eigenvalue weighted by atomic mass is 32.1. The minimum absolute atomic E-state index is 0.227. The summed E-state index contributed by atoms with van der Waals surface area (Å²) in [7, 11) is 0. The number of hydrogen-bond acceptors (Lipinski definition) is 3. The Morgan fingerprint density at radius 2 is 1.69 bits per heavy atom. The number of morpholine rings is 1. The van der Waals surface area contributed by atoms with Crippen LogP contribution in [0.2, 0.25) is 0 Å². The summed E-state index contributed by atoms with van der Waals surface area (Å²) < 4.78 is 44.7. The van der Waals surface area contributed by atoms with Gasteiger partial charge in [0.1, 0.15) is 0 Å². The van der Waals surface area contributed by atoms with E-state index in [0.29, 0.717) is 37.7 Å². The van der Waals surface area contributed by atoms with E-state index in [4.69, 9.17) is 17.0 Å². The van der Waals surface area contributed by atoms with Crippen LogP contribution in [0, 0.1) is 0 Å². The fourth-order valence-electron chi connectivity index (χ4n) is 2.70. The molecule has 3 rings (SSSR count). The van der Waals surface area contributed by atoms with Crippen LogP contribution in [-0.4, -0.2) is 31.4 Å². The van der Waals surface area contributed by atoms with Crippen LogP contribution >= 0.6 is 12.2 Å². The Bertz CT molecular complexity index is 762. The molecule has 2 N–H and O–H groups in total. The van der Waals surface area contributed by atoms with Gasteiger partial charge >= 0.3 is 6.18 Å². The number of para-hydroxylation sites is 1. The van der Waals surface area contributed by atoms with Crippen LogP contribution in [0.5, 0.6) is 0 Å². The smallest absolute Gasteiger partial charge is 0.378 e. The minimum atomic E-state index is -4.42. The summed E-state index contributed by atoms with van der Waals surface area (Å²) in [6, 6.07) is 12.8. The molecule has 1 fully saturated rings. The van der Waals surface area contributed by atoms with E-state index in [1.165, 1.54) is 6.07 Å². The summed E-state index contributed by atoms with van der Waals surface area (Å²) in [5.41, 5.74) is 1.01. The standard InChI is InChI=1S/C18H18F3N3OS/c19-18(20,21)13-6-7-16(24-8-10-25-11-9-24)15(12-13)23-17(26)22-14-4-2-1-3-5-14/h1-7,12H,8-11H2,(H2,22,23,26). The number of alkyl halides is 3. The normalized spacial score (nSPS) is 14.8. The number of nitrogens with zero attached hydrogens (tertiary/aromatic N) is 1. The number of nitrogens with one attached hydrogen (secondary N) is 2. The summed E-state index contributed by atoms with van der Waals surface area (Å²) in [5, 5.41) is 6.11. The third-order valence-electron chi connectivity index (χ3n) is 3.96. The largest absolute Gasteiger partial charge is 0.416 e. The Morgan fingerprint density at radius 3 is 2.35 bits per heavy atom. The molecule has 2 aromatic carbocycles. The Balaban J connectivity index is 1.85. The predicted molar refractivity (Wildman–Crippen MR) is 101 cm³/mol. The van der Waals surface area contributed by atoms with Crippen molar-refractivity contribution in [1.29, 1.82) is 0 Å². The van der Waals surface area contributed by atoms with Gasteiger partial charge in [-0.2, -0.15) is 13.2 Å². The maximum absolute atomic E-state index is 13.1. The molecule has 0 aromatic heterocycles. The molecule has 4 nitrogen and oxygen atoms in total. The molecule has 2 aromatic rings. The van der Waals surface area contributed by atoms with Gasteiger partial charge < -0.3 is 20.3 Å². The summed E-state index contributed by atoms with van der Waals surface area (Å²) >= 11 is 5.27. The molecular weight excluding hydrogens is 363 g/mol. The molecule has 1 saturated heterocycles. The number of thiocarbonyl (C=S) groups is 1. The van der Waals surface area contributed by atoms with E-state index in [2.05, 4.69) is 10.6 Å². The summed E-state index contributed by atoms with van der Waals surface area (Å²) in [5.74, 6) is 0. The molecule has 1 aliphatic heterocycles. The van der Waals surface area contributed by atoms with Gasteiger partial charge in [0.15, 0.2) is 5.11 Å². The molecule has 1 aliphatic rings. The number of ether oxygens (including phenoxy) is 1. The van der Waals surface area contributed by atoms with Crippen LogP contribution < -0.4 is 15.5 Å². The van der Waals surface area contributed by atoms with Gasteiger partial charge in [0.05, 0.1) is 30.2 Å². The van der Waals surface area contributed by atoms with Crippen molar-refractivity contribution >= 4 is 34.4 Å².